The molecule has 0 aliphatic carbocycles. The molecule has 2 heterocycles. The van der Waals surface area contributed by atoms with E-state index in [0.717, 1.165) is 10.6 Å². The Kier molecular flexibility index (Phi) is 3.71. The number of carbonyl (C=O) groups excluding carboxylic acids is 1. The summed E-state index contributed by atoms with van der Waals surface area (Å²) in [6.45, 7) is 4.56. The van der Waals surface area contributed by atoms with Crippen LogP contribution < -0.4 is 0 Å². The largest absolute Gasteiger partial charge is 0.464 e. The van der Waals surface area contributed by atoms with Crippen molar-refractivity contribution in [3.8, 4) is 0 Å². The van der Waals surface area contributed by atoms with Crippen molar-refractivity contribution in [2.75, 3.05) is 7.11 Å². The first-order valence-electron chi connectivity index (χ1n) is 5.52. The summed E-state index contributed by atoms with van der Waals surface area (Å²) in [5.74, 6) is -0.309. The monoisotopic (exact) mass is 266 g/mol. The highest BCUT2D eigenvalue weighted by Crippen LogP contribution is 2.20. The molecule has 0 saturated heterocycles. The first-order valence-corrected chi connectivity index (χ1v) is 6.40. The maximum atomic E-state index is 11.6. The van der Waals surface area contributed by atoms with Crippen LogP contribution in [0.1, 0.15) is 40.8 Å². The van der Waals surface area contributed by atoms with Gasteiger partial charge in [0.25, 0.3) is 0 Å². The molecule has 0 unspecified atom stereocenters. The van der Waals surface area contributed by atoms with Crippen molar-refractivity contribution in [1.82, 2.24) is 20.0 Å². The molecule has 0 aromatic carbocycles. The molecule has 6 nitrogen and oxygen atoms in total. The number of hydrogen-bond donors (Lipinski definition) is 0. The third kappa shape index (κ3) is 2.40. The molecule has 0 saturated carbocycles. The molecular weight excluding hydrogens is 252 g/mol. The van der Waals surface area contributed by atoms with E-state index < -0.39 is 5.97 Å². The van der Waals surface area contributed by atoms with Crippen LogP contribution in [-0.2, 0) is 11.3 Å². The Balaban J connectivity index is 2.36. The minimum atomic E-state index is -0.450. The molecule has 0 N–H and O–H groups in total. The molecule has 0 spiro atoms. The van der Waals surface area contributed by atoms with Gasteiger partial charge in [0.15, 0.2) is 5.69 Å². The number of carbonyl (C=O) groups is 1. The third-order valence-electron chi connectivity index (χ3n) is 2.49. The van der Waals surface area contributed by atoms with Crippen molar-refractivity contribution in [3.05, 3.63) is 28.0 Å². The number of thiazole rings is 1. The number of esters is 1. The summed E-state index contributed by atoms with van der Waals surface area (Å²) in [6, 6.07) is 0. The third-order valence-corrected chi connectivity index (χ3v) is 3.25. The van der Waals surface area contributed by atoms with E-state index in [1.165, 1.54) is 7.11 Å². The predicted molar refractivity (Wildman–Crippen MR) is 66.7 cm³/mol. The van der Waals surface area contributed by atoms with Gasteiger partial charge in [0.2, 0.25) is 0 Å². The predicted octanol–water partition coefficient (Wildman–Crippen LogP) is 1.69. The standard InChI is InChI=1S/C11H14N4O2S/c1-7(2)10-9(11(16)17-3)13-14-15(10)5-8-4-12-6-18-8/h4,6-7H,5H2,1-3H3. The Labute approximate surface area is 109 Å². The van der Waals surface area contributed by atoms with Crippen molar-refractivity contribution in [3.63, 3.8) is 0 Å². The quantitative estimate of drug-likeness (QED) is 0.788. The summed E-state index contributed by atoms with van der Waals surface area (Å²) in [5.41, 5.74) is 2.84. The molecule has 96 valence electrons. The fourth-order valence-corrected chi connectivity index (χ4v) is 2.29. The maximum absolute atomic E-state index is 11.6. The van der Waals surface area contributed by atoms with E-state index in [1.807, 2.05) is 13.8 Å². The van der Waals surface area contributed by atoms with Crippen LogP contribution in [0.25, 0.3) is 0 Å². The summed E-state index contributed by atoms with van der Waals surface area (Å²) >= 11 is 1.55. The van der Waals surface area contributed by atoms with Crippen LogP contribution >= 0.6 is 11.3 Å². The zero-order chi connectivity index (χ0) is 13.1. The number of nitrogens with zero attached hydrogens (tertiary/aromatic N) is 4. The minimum Gasteiger partial charge on any atom is -0.464 e. The van der Waals surface area contributed by atoms with Gasteiger partial charge in [0.05, 0.1) is 24.9 Å². The second-order valence-electron chi connectivity index (χ2n) is 4.09. The molecule has 0 aliphatic heterocycles. The minimum absolute atomic E-state index is 0.141. The first-order chi connectivity index (χ1) is 8.63. The van der Waals surface area contributed by atoms with Gasteiger partial charge < -0.3 is 4.74 Å². The van der Waals surface area contributed by atoms with Gasteiger partial charge in [0.1, 0.15) is 0 Å². The number of hydrogen-bond acceptors (Lipinski definition) is 6. The molecule has 2 rings (SSSR count). The Morgan fingerprint density at radius 2 is 2.33 bits per heavy atom. The van der Waals surface area contributed by atoms with Crippen LogP contribution in [0, 0.1) is 0 Å². The van der Waals surface area contributed by atoms with Gasteiger partial charge >= 0.3 is 5.97 Å². The molecule has 18 heavy (non-hydrogen) atoms. The highest BCUT2D eigenvalue weighted by atomic mass is 32.1. The molecule has 0 bridgehead atoms. The number of rotatable bonds is 4. The summed E-state index contributed by atoms with van der Waals surface area (Å²) < 4.78 is 6.44. The van der Waals surface area contributed by atoms with E-state index in [4.69, 9.17) is 4.74 Å². The van der Waals surface area contributed by atoms with Gasteiger partial charge in [0, 0.05) is 11.1 Å². The van der Waals surface area contributed by atoms with Crippen LogP contribution in [0.4, 0.5) is 0 Å². The zero-order valence-electron chi connectivity index (χ0n) is 10.5. The van der Waals surface area contributed by atoms with E-state index in [0.29, 0.717) is 6.54 Å². The summed E-state index contributed by atoms with van der Waals surface area (Å²) in [4.78, 5) is 16.7. The lowest BCUT2D eigenvalue weighted by Crippen LogP contribution is -2.11. The van der Waals surface area contributed by atoms with E-state index in [1.54, 1.807) is 27.7 Å². The van der Waals surface area contributed by atoms with Crippen LogP contribution in [0.15, 0.2) is 11.7 Å². The van der Waals surface area contributed by atoms with Gasteiger partial charge in [-0.05, 0) is 5.92 Å². The highest BCUT2D eigenvalue weighted by Gasteiger charge is 2.22. The van der Waals surface area contributed by atoms with Gasteiger partial charge in [-0.3, -0.25) is 4.98 Å². The molecule has 7 heteroatoms. The lowest BCUT2D eigenvalue weighted by molar-refractivity contribution is 0.0592. The van der Waals surface area contributed by atoms with Crippen molar-refractivity contribution < 1.29 is 9.53 Å². The number of aromatic nitrogens is 4. The average molecular weight is 266 g/mol. The molecular formula is C11H14N4O2S. The van der Waals surface area contributed by atoms with Crippen molar-refractivity contribution in [2.24, 2.45) is 0 Å². The number of ether oxygens (including phenoxy) is 1. The van der Waals surface area contributed by atoms with Crippen LogP contribution in [-0.4, -0.2) is 33.1 Å². The van der Waals surface area contributed by atoms with E-state index >= 15 is 0 Å². The van der Waals surface area contributed by atoms with Gasteiger partial charge in [-0.15, -0.1) is 16.4 Å². The van der Waals surface area contributed by atoms with E-state index in [9.17, 15) is 4.79 Å². The zero-order valence-corrected chi connectivity index (χ0v) is 11.3. The SMILES string of the molecule is COC(=O)c1nnn(Cc2cncs2)c1C(C)C. The van der Waals surface area contributed by atoms with E-state index in [2.05, 4.69) is 15.3 Å². The second kappa shape index (κ2) is 5.26. The highest BCUT2D eigenvalue weighted by molar-refractivity contribution is 7.09. The second-order valence-corrected chi connectivity index (χ2v) is 5.07. The fraction of sp³-hybridized carbons (Fsp3) is 0.455. The molecule has 0 fully saturated rings. The van der Waals surface area contributed by atoms with Crippen LogP contribution in [0.3, 0.4) is 0 Å². The Bertz CT molecular complexity index is 533. The fourth-order valence-electron chi connectivity index (χ4n) is 1.72. The summed E-state index contributed by atoms with van der Waals surface area (Å²) in [6.07, 6.45) is 1.79. The van der Waals surface area contributed by atoms with Crippen LogP contribution in [0.5, 0.6) is 0 Å². The van der Waals surface area contributed by atoms with Crippen LogP contribution in [0.2, 0.25) is 0 Å². The van der Waals surface area contributed by atoms with Gasteiger partial charge in [-0.2, -0.15) is 0 Å². The Morgan fingerprint density at radius 3 is 2.89 bits per heavy atom. The molecule has 0 amide bonds. The number of methoxy groups -OCH3 is 1. The van der Waals surface area contributed by atoms with Gasteiger partial charge in [-0.1, -0.05) is 19.1 Å². The molecule has 0 aliphatic rings. The topological polar surface area (TPSA) is 69.9 Å². The summed E-state index contributed by atoms with van der Waals surface area (Å²) in [5, 5.41) is 7.94. The van der Waals surface area contributed by atoms with Gasteiger partial charge in [-0.25, -0.2) is 9.48 Å². The molecule has 0 atom stereocenters. The smallest absolute Gasteiger partial charge is 0.360 e. The average Bonchev–Trinajstić information content (AvgIpc) is 2.97. The summed E-state index contributed by atoms with van der Waals surface area (Å²) in [7, 11) is 1.34. The van der Waals surface area contributed by atoms with Crippen molar-refractivity contribution >= 4 is 17.3 Å². The molecule has 2 aromatic rings. The lowest BCUT2D eigenvalue weighted by atomic mass is 10.1. The normalized spacial score (nSPS) is 10.9. The van der Waals surface area contributed by atoms with Crippen molar-refractivity contribution in [1.29, 1.82) is 0 Å². The first kappa shape index (κ1) is 12.7. The Morgan fingerprint density at radius 1 is 1.56 bits per heavy atom. The molecule has 2 aromatic heterocycles. The molecule has 0 radical (unpaired) electrons. The van der Waals surface area contributed by atoms with Crippen molar-refractivity contribution in [2.45, 2.75) is 26.3 Å². The Hall–Kier alpha value is -1.76. The lowest BCUT2D eigenvalue weighted by Gasteiger charge is -2.09. The maximum Gasteiger partial charge on any atom is 0.360 e. The van der Waals surface area contributed by atoms with E-state index in [-0.39, 0.29) is 11.6 Å².